The van der Waals surface area contributed by atoms with Gasteiger partial charge in [-0.15, -0.1) is 23.5 Å². The van der Waals surface area contributed by atoms with E-state index in [0.29, 0.717) is 5.92 Å². The molecular weight excluding hydrogens is 348 g/mol. The molecule has 0 bridgehead atoms. The SMILES string of the molecule is CSc1ccc(NC(=O)N2CCSC2c2ccc(C(C)C)cc2)cc1. The summed E-state index contributed by atoms with van der Waals surface area (Å²) >= 11 is 3.52. The number of hydrogen-bond acceptors (Lipinski definition) is 3. The molecule has 3 rings (SSSR count). The third-order valence-electron chi connectivity index (χ3n) is 4.38. The summed E-state index contributed by atoms with van der Waals surface area (Å²) in [5.41, 5.74) is 3.37. The third kappa shape index (κ3) is 4.33. The molecule has 1 fully saturated rings. The molecule has 1 saturated heterocycles. The van der Waals surface area contributed by atoms with Crippen LogP contribution < -0.4 is 5.32 Å². The molecule has 2 aromatic carbocycles. The van der Waals surface area contributed by atoms with Crippen molar-refractivity contribution in [1.82, 2.24) is 4.90 Å². The third-order valence-corrected chi connectivity index (χ3v) is 6.39. The number of thioether (sulfide) groups is 2. The molecule has 2 aromatic rings. The molecule has 0 radical (unpaired) electrons. The molecule has 0 aliphatic carbocycles. The molecule has 1 atom stereocenters. The van der Waals surface area contributed by atoms with Gasteiger partial charge in [-0.1, -0.05) is 38.1 Å². The number of nitrogens with one attached hydrogen (secondary N) is 1. The topological polar surface area (TPSA) is 32.3 Å². The van der Waals surface area contributed by atoms with Crippen molar-refractivity contribution in [1.29, 1.82) is 0 Å². The summed E-state index contributed by atoms with van der Waals surface area (Å²) in [5, 5.41) is 3.12. The molecule has 2 amide bonds. The molecule has 1 heterocycles. The van der Waals surface area contributed by atoms with Gasteiger partial charge in [0.25, 0.3) is 0 Å². The molecule has 25 heavy (non-hydrogen) atoms. The first-order chi connectivity index (χ1) is 12.1. The summed E-state index contributed by atoms with van der Waals surface area (Å²) in [6, 6.07) is 16.6. The Bertz CT molecular complexity index is 713. The summed E-state index contributed by atoms with van der Waals surface area (Å²) < 4.78 is 0. The zero-order valence-electron chi connectivity index (χ0n) is 14.9. The van der Waals surface area contributed by atoms with Crippen LogP contribution in [-0.4, -0.2) is 29.5 Å². The maximum atomic E-state index is 12.7. The number of carbonyl (C=O) groups is 1. The van der Waals surface area contributed by atoms with E-state index < -0.39 is 0 Å². The zero-order chi connectivity index (χ0) is 17.8. The Balaban J connectivity index is 1.70. The summed E-state index contributed by atoms with van der Waals surface area (Å²) in [6.07, 6.45) is 2.05. The van der Waals surface area contributed by atoms with Crippen LogP contribution in [0.1, 0.15) is 36.3 Å². The van der Waals surface area contributed by atoms with Crippen molar-refractivity contribution in [2.75, 3.05) is 23.9 Å². The number of benzene rings is 2. The van der Waals surface area contributed by atoms with Gasteiger partial charge in [0.2, 0.25) is 0 Å². The minimum Gasteiger partial charge on any atom is -0.308 e. The van der Waals surface area contributed by atoms with E-state index in [1.165, 1.54) is 16.0 Å². The van der Waals surface area contributed by atoms with Crippen molar-refractivity contribution >= 4 is 35.2 Å². The molecule has 5 heteroatoms. The standard InChI is InChI=1S/C20H24N2OS2/c1-14(2)15-4-6-16(7-5-15)19-22(12-13-25-19)20(23)21-17-8-10-18(24-3)11-9-17/h4-11,14,19H,12-13H2,1-3H3,(H,21,23). The Morgan fingerprint density at radius 3 is 2.44 bits per heavy atom. The molecule has 3 nitrogen and oxygen atoms in total. The van der Waals surface area contributed by atoms with Crippen molar-refractivity contribution in [3.8, 4) is 0 Å². The van der Waals surface area contributed by atoms with Crippen LogP contribution in [0.3, 0.4) is 0 Å². The van der Waals surface area contributed by atoms with Crippen molar-refractivity contribution in [2.24, 2.45) is 0 Å². The lowest BCUT2D eigenvalue weighted by Gasteiger charge is -2.25. The van der Waals surface area contributed by atoms with Gasteiger partial charge >= 0.3 is 6.03 Å². The maximum absolute atomic E-state index is 12.7. The zero-order valence-corrected chi connectivity index (χ0v) is 16.5. The first-order valence-electron chi connectivity index (χ1n) is 8.51. The largest absolute Gasteiger partial charge is 0.323 e. The van der Waals surface area contributed by atoms with E-state index in [9.17, 15) is 4.79 Å². The highest BCUT2D eigenvalue weighted by Crippen LogP contribution is 2.38. The number of nitrogens with zero attached hydrogens (tertiary/aromatic N) is 1. The van der Waals surface area contributed by atoms with E-state index in [2.05, 4.69) is 43.4 Å². The first kappa shape index (κ1) is 18.2. The van der Waals surface area contributed by atoms with Crippen molar-refractivity contribution < 1.29 is 4.79 Å². The van der Waals surface area contributed by atoms with Gasteiger partial charge in [0, 0.05) is 22.9 Å². The fourth-order valence-corrected chi connectivity index (χ4v) is 4.53. The minimum atomic E-state index is -0.0279. The molecule has 1 aliphatic heterocycles. The Morgan fingerprint density at radius 2 is 1.84 bits per heavy atom. The Kier molecular flexibility index (Phi) is 5.97. The van der Waals surface area contributed by atoms with Crippen LogP contribution >= 0.6 is 23.5 Å². The smallest absolute Gasteiger partial charge is 0.308 e. The second-order valence-corrected chi connectivity index (χ2v) is 8.46. The number of hydrogen-bond donors (Lipinski definition) is 1. The number of rotatable bonds is 4. The molecule has 0 saturated carbocycles. The number of carbonyl (C=O) groups excluding carboxylic acids is 1. The van der Waals surface area contributed by atoms with E-state index >= 15 is 0 Å². The average molecular weight is 373 g/mol. The molecule has 1 unspecified atom stereocenters. The molecular formula is C20H24N2OS2. The minimum absolute atomic E-state index is 0.0279. The van der Waals surface area contributed by atoms with Crippen LogP contribution in [-0.2, 0) is 0 Å². The number of urea groups is 1. The van der Waals surface area contributed by atoms with E-state index in [4.69, 9.17) is 0 Å². The number of anilines is 1. The van der Waals surface area contributed by atoms with Gasteiger partial charge in [-0.2, -0.15) is 0 Å². The van der Waals surface area contributed by atoms with Gasteiger partial charge in [-0.25, -0.2) is 4.79 Å². The van der Waals surface area contributed by atoms with Gasteiger partial charge in [-0.3, -0.25) is 0 Å². The van der Waals surface area contributed by atoms with E-state index in [1.54, 1.807) is 11.8 Å². The predicted molar refractivity (Wildman–Crippen MR) is 110 cm³/mol. The van der Waals surface area contributed by atoms with Gasteiger partial charge in [0.1, 0.15) is 5.37 Å². The second-order valence-electron chi connectivity index (χ2n) is 6.40. The van der Waals surface area contributed by atoms with Gasteiger partial charge < -0.3 is 10.2 Å². The Labute approximate surface area is 158 Å². The summed E-state index contributed by atoms with van der Waals surface area (Å²) in [4.78, 5) is 15.8. The van der Waals surface area contributed by atoms with E-state index in [1.807, 2.05) is 47.2 Å². The Morgan fingerprint density at radius 1 is 1.16 bits per heavy atom. The Hall–Kier alpha value is -1.59. The highest BCUT2D eigenvalue weighted by atomic mass is 32.2. The van der Waals surface area contributed by atoms with Crippen molar-refractivity contribution in [3.63, 3.8) is 0 Å². The van der Waals surface area contributed by atoms with E-state index in [-0.39, 0.29) is 11.4 Å². The van der Waals surface area contributed by atoms with Gasteiger partial charge in [0.05, 0.1) is 0 Å². The molecule has 1 aliphatic rings. The van der Waals surface area contributed by atoms with Crippen LogP contribution in [0.25, 0.3) is 0 Å². The van der Waals surface area contributed by atoms with E-state index in [0.717, 1.165) is 18.0 Å². The quantitative estimate of drug-likeness (QED) is 0.687. The summed E-state index contributed by atoms with van der Waals surface area (Å²) in [5.74, 6) is 1.49. The van der Waals surface area contributed by atoms with Crippen LogP contribution in [0, 0.1) is 0 Å². The lowest BCUT2D eigenvalue weighted by Crippen LogP contribution is -2.34. The predicted octanol–water partition coefficient (Wildman–Crippen LogP) is 5.81. The van der Waals surface area contributed by atoms with Crippen molar-refractivity contribution in [3.05, 3.63) is 59.7 Å². The fraction of sp³-hybridized carbons (Fsp3) is 0.350. The first-order valence-corrected chi connectivity index (χ1v) is 10.8. The average Bonchev–Trinajstić information content (AvgIpc) is 3.12. The van der Waals surface area contributed by atoms with Crippen LogP contribution in [0.15, 0.2) is 53.4 Å². The highest BCUT2D eigenvalue weighted by molar-refractivity contribution is 7.99. The molecule has 1 N–H and O–H groups in total. The maximum Gasteiger partial charge on any atom is 0.323 e. The van der Waals surface area contributed by atoms with Crippen LogP contribution in [0.4, 0.5) is 10.5 Å². The lowest BCUT2D eigenvalue weighted by atomic mass is 10.0. The highest BCUT2D eigenvalue weighted by Gasteiger charge is 2.30. The fourth-order valence-electron chi connectivity index (χ4n) is 2.87. The summed E-state index contributed by atoms with van der Waals surface area (Å²) in [7, 11) is 0. The summed E-state index contributed by atoms with van der Waals surface area (Å²) in [6.45, 7) is 5.17. The van der Waals surface area contributed by atoms with Gasteiger partial charge in [-0.05, 0) is 47.6 Å². The van der Waals surface area contributed by atoms with Crippen molar-refractivity contribution in [2.45, 2.75) is 30.0 Å². The molecule has 0 spiro atoms. The number of amides is 2. The van der Waals surface area contributed by atoms with Crippen LogP contribution in [0.2, 0.25) is 0 Å². The lowest BCUT2D eigenvalue weighted by molar-refractivity contribution is 0.214. The molecule has 0 aromatic heterocycles. The van der Waals surface area contributed by atoms with Crippen LogP contribution in [0.5, 0.6) is 0 Å². The second kappa shape index (κ2) is 8.19. The molecule has 132 valence electrons. The van der Waals surface area contributed by atoms with Gasteiger partial charge in [0.15, 0.2) is 0 Å². The normalized spacial score (nSPS) is 17.1. The monoisotopic (exact) mass is 372 g/mol.